The molecule has 0 heterocycles. The molecule has 0 aliphatic carbocycles. The first-order valence-electron chi connectivity index (χ1n) is 6.83. The van der Waals surface area contributed by atoms with Crippen LogP contribution in [-0.4, -0.2) is 17.4 Å². The van der Waals surface area contributed by atoms with Gasteiger partial charge in [0.1, 0.15) is 5.75 Å². The van der Waals surface area contributed by atoms with Gasteiger partial charge < -0.3 is 10.1 Å². The smallest absolute Gasteiger partial charge is 0.387 e. The van der Waals surface area contributed by atoms with E-state index in [2.05, 4.69) is 10.1 Å². The van der Waals surface area contributed by atoms with Crippen LogP contribution in [0.3, 0.4) is 0 Å². The molecule has 2 aromatic carbocycles. The molecule has 0 aromatic heterocycles. The predicted molar refractivity (Wildman–Crippen MR) is 88.8 cm³/mol. The Morgan fingerprint density at radius 3 is 2.48 bits per heavy atom. The van der Waals surface area contributed by atoms with Gasteiger partial charge in [-0.3, -0.25) is 14.9 Å². The standard InChI is InChI=1S/C16H11ClF2N2O4/c17-13-9-11(4-7-14(13)25-16(18)19)20-15(22)8-3-10-1-5-12(6-2-10)21(23)24/h1-9,16H,(H,20,22)/b8-3+. The van der Waals surface area contributed by atoms with Crippen molar-refractivity contribution in [3.05, 3.63) is 69.2 Å². The largest absolute Gasteiger partial charge is 0.433 e. The van der Waals surface area contributed by atoms with E-state index in [0.717, 1.165) is 0 Å². The molecule has 6 nitrogen and oxygen atoms in total. The number of rotatable bonds is 6. The van der Waals surface area contributed by atoms with Crippen LogP contribution in [-0.2, 0) is 4.79 Å². The van der Waals surface area contributed by atoms with Gasteiger partial charge in [-0.2, -0.15) is 8.78 Å². The summed E-state index contributed by atoms with van der Waals surface area (Å²) < 4.78 is 28.5. The third kappa shape index (κ3) is 5.54. The highest BCUT2D eigenvalue weighted by Crippen LogP contribution is 2.28. The first-order chi connectivity index (χ1) is 11.8. The number of amides is 1. The monoisotopic (exact) mass is 368 g/mol. The molecule has 0 saturated carbocycles. The zero-order valence-electron chi connectivity index (χ0n) is 12.5. The third-order valence-corrected chi connectivity index (χ3v) is 3.24. The van der Waals surface area contributed by atoms with Crippen molar-refractivity contribution < 1.29 is 23.2 Å². The van der Waals surface area contributed by atoms with Crippen molar-refractivity contribution in [3.63, 3.8) is 0 Å². The lowest BCUT2D eigenvalue weighted by atomic mass is 10.2. The van der Waals surface area contributed by atoms with E-state index >= 15 is 0 Å². The number of non-ortho nitro benzene ring substituents is 1. The Bertz CT molecular complexity index is 810. The average Bonchev–Trinajstić information content (AvgIpc) is 2.55. The summed E-state index contributed by atoms with van der Waals surface area (Å²) in [6, 6.07) is 9.48. The second kappa shape index (κ2) is 8.20. The van der Waals surface area contributed by atoms with E-state index < -0.39 is 17.4 Å². The molecule has 1 amide bonds. The molecule has 2 aromatic rings. The van der Waals surface area contributed by atoms with Crippen LogP contribution in [0.2, 0.25) is 5.02 Å². The van der Waals surface area contributed by atoms with Crippen LogP contribution in [0.4, 0.5) is 20.2 Å². The quantitative estimate of drug-likeness (QED) is 0.462. The molecule has 0 aliphatic heterocycles. The lowest BCUT2D eigenvalue weighted by Gasteiger charge is -2.08. The zero-order chi connectivity index (χ0) is 18.4. The summed E-state index contributed by atoms with van der Waals surface area (Å²) in [7, 11) is 0. The van der Waals surface area contributed by atoms with Gasteiger partial charge in [0.25, 0.3) is 5.69 Å². The van der Waals surface area contributed by atoms with Crippen LogP contribution >= 0.6 is 11.6 Å². The SMILES string of the molecule is O=C(/C=C/c1ccc([N+](=O)[O-])cc1)Nc1ccc(OC(F)F)c(Cl)c1. The number of nitrogens with one attached hydrogen (secondary N) is 1. The van der Waals surface area contributed by atoms with Crippen LogP contribution in [0.5, 0.6) is 5.75 Å². The molecule has 2 rings (SSSR count). The van der Waals surface area contributed by atoms with Gasteiger partial charge >= 0.3 is 6.61 Å². The molecule has 9 heteroatoms. The molecular weight excluding hydrogens is 358 g/mol. The number of hydrogen-bond acceptors (Lipinski definition) is 4. The van der Waals surface area contributed by atoms with Gasteiger partial charge in [-0.05, 0) is 42.0 Å². The summed E-state index contributed by atoms with van der Waals surface area (Å²) in [5.74, 6) is -0.687. The lowest BCUT2D eigenvalue weighted by Crippen LogP contribution is -2.08. The van der Waals surface area contributed by atoms with Crippen LogP contribution < -0.4 is 10.1 Å². The van der Waals surface area contributed by atoms with Crippen LogP contribution in [0.25, 0.3) is 6.08 Å². The van der Waals surface area contributed by atoms with Gasteiger partial charge in [-0.1, -0.05) is 11.6 Å². The van der Waals surface area contributed by atoms with Gasteiger partial charge in [0, 0.05) is 23.9 Å². The highest BCUT2D eigenvalue weighted by Gasteiger charge is 2.09. The fraction of sp³-hybridized carbons (Fsp3) is 0.0625. The maximum Gasteiger partial charge on any atom is 0.387 e. The minimum Gasteiger partial charge on any atom is -0.433 e. The normalized spacial score (nSPS) is 10.9. The third-order valence-electron chi connectivity index (χ3n) is 2.95. The molecule has 0 unspecified atom stereocenters. The average molecular weight is 369 g/mol. The molecule has 0 radical (unpaired) electrons. The van der Waals surface area contributed by atoms with E-state index in [9.17, 15) is 23.7 Å². The lowest BCUT2D eigenvalue weighted by molar-refractivity contribution is -0.384. The first-order valence-corrected chi connectivity index (χ1v) is 7.21. The molecule has 0 aliphatic rings. The van der Waals surface area contributed by atoms with Gasteiger partial charge in [-0.15, -0.1) is 0 Å². The minimum absolute atomic E-state index is 0.0534. The van der Waals surface area contributed by atoms with E-state index in [-0.39, 0.29) is 16.5 Å². The molecule has 0 spiro atoms. The van der Waals surface area contributed by atoms with Crippen molar-refractivity contribution in [1.82, 2.24) is 0 Å². The molecule has 1 N–H and O–H groups in total. The Kier molecular flexibility index (Phi) is 6.02. The molecule has 0 bridgehead atoms. The Labute approximate surface area is 145 Å². The van der Waals surface area contributed by atoms with Crippen LogP contribution in [0.1, 0.15) is 5.56 Å². The summed E-state index contributed by atoms with van der Waals surface area (Å²) in [6.45, 7) is -3.00. The number of carbonyl (C=O) groups excluding carboxylic acids is 1. The number of benzene rings is 2. The van der Waals surface area contributed by atoms with Crippen molar-refractivity contribution in [3.8, 4) is 5.75 Å². The topological polar surface area (TPSA) is 81.5 Å². The molecule has 0 fully saturated rings. The van der Waals surface area contributed by atoms with Crippen LogP contribution in [0, 0.1) is 10.1 Å². The highest BCUT2D eigenvalue weighted by molar-refractivity contribution is 6.32. The molecule has 130 valence electrons. The zero-order valence-corrected chi connectivity index (χ0v) is 13.2. The number of nitro groups is 1. The second-order valence-corrected chi connectivity index (χ2v) is 5.10. The van der Waals surface area contributed by atoms with Crippen molar-refractivity contribution in [2.24, 2.45) is 0 Å². The Morgan fingerprint density at radius 2 is 1.92 bits per heavy atom. The van der Waals surface area contributed by atoms with Gasteiger partial charge in [0.05, 0.1) is 9.95 Å². The molecule has 0 atom stereocenters. The number of nitro benzene ring substituents is 1. The number of anilines is 1. The summed E-state index contributed by atoms with van der Waals surface area (Å²) >= 11 is 5.79. The Morgan fingerprint density at radius 1 is 1.24 bits per heavy atom. The van der Waals surface area contributed by atoms with E-state index in [0.29, 0.717) is 11.3 Å². The van der Waals surface area contributed by atoms with E-state index in [1.807, 2.05) is 0 Å². The summed E-state index contributed by atoms with van der Waals surface area (Å²) in [4.78, 5) is 21.9. The van der Waals surface area contributed by atoms with Gasteiger partial charge in [-0.25, -0.2) is 0 Å². The molecule has 0 saturated heterocycles. The molecular formula is C16H11ClF2N2O4. The Balaban J connectivity index is 1.99. The van der Waals surface area contributed by atoms with Gasteiger partial charge in [0.15, 0.2) is 0 Å². The number of ether oxygens (including phenoxy) is 1. The fourth-order valence-electron chi connectivity index (χ4n) is 1.83. The number of hydrogen-bond donors (Lipinski definition) is 1. The van der Waals surface area contributed by atoms with E-state index in [4.69, 9.17) is 11.6 Å². The summed E-state index contributed by atoms with van der Waals surface area (Å²) in [5.41, 5.74) is 0.840. The summed E-state index contributed by atoms with van der Waals surface area (Å²) in [5, 5.41) is 13.0. The second-order valence-electron chi connectivity index (χ2n) is 4.69. The highest BCUT2D eigenvalue weighted by atomic mass is 35.5. The van der Waals surface area contributed by atoms with E-state index in [1.54, 1.807) is 0 Å². The number of alkyl halides is 2. The first kappa shape index (κ1) is 18.3. The predicted octanol–water partition coefficient (Wildman–Crippen LogP) is 4.50. The van der Waals surface area contributed by atoms with Crippen LogP contribution in [0.15, 0.2) is 48.5 Å². The number of carbonyl (C=O) groups is 1. The minimum atomic E-state index is -3.00. The Hall–Kier alpha value is -3.00. The number of nitrogens with zero attached hydrogens (tertiary/aromatic N) is 1. The van der Waals surface area contributed by atoms with Crippen molar-refractivity contribution >= 4 is 35.0 Å². The maximum absolute atomic E-state index is 12.1. The van der Waals surface area contributed by atoms with E-state index in [1.165, 1.54) is 54.6 Å². The van der Waals surface area contributed by atoms with Crippen molar-refractivity contribution in [1.29, 1.82) is 0 Å². The van der Waals surface area contributed by atoms with Crippen molar-refractivity contribution in [2.45, 2.75) is 6.61 Å². The molecule has 25 heavy (non-hydrogen) atoms. The van der Waals surface area contributed by atoms with Gasteiger partial charge in [0.2, 0.25) is 5.91 Å². The fourth-order valence-corrected chi connectivity index (χ4v) is 2.06. The summed E-state index contributed by atoms with van der Waals surface area (Å²) in [6.07, 6.45) is 2.69. The maximum atomic E-state index is 12.1. The van der Waals surface area contributed by atoms with Crippen molar-refractivity contribution in [2.75, 3.05) is 5.32 Å². The number of halogens is 3.